The lowest BCUT2D eigenvalue weighted by atomic mass is 10.00. The molecule has 0 radical (unpaired) electrons. The van der Waals surface area contributed by atoms with E-state index in [1.165, 1.54) is 5.38 Å². The molecular formula is C30H32FN7O3SSi. The maximum atomic E-state index is 15.2. The number of aryl methyl sites for hydroxylation is 2. The van der Waals surface area contributed by atoms with Crippen molar-refractivity contribution in [3.8, 4) is 28.1 Å². The van der Waals surface area contributed by atoms with Gasteiger partial charge >= 0.3 is 5.97 Å². The Morgan fingerprint density at radius 3 is 2.74 bits per heavy atom. The van der Waals surface area contributed by atoms with Crippen molar-refractivity contribution in [2.24, 2.45) is 0 Å². The lowest BCUT2D eigenvalue weighted by Crippen LogP contribution is -2.22. The van der Waals surface area contributed by atoms with E-state index in [2.05, 4.69) is 47.3 Å². The van der Waals surface area contributed by atoms with Gasteiger partial charge < -0.3 is 14.4 Å². The molecule has 0 saturated heterocycles. The standard InChI is InChI=1S/C30H32FN7O3SSi/c1-18-5-8-24(38-16-34-35-36-38)22(11-18)20-12-19-6-7-21(27(19)32-13-20)29-33-14-25(23-15-42-28(26(23)31)30(39)40)37(29)17-41-9-10-43(2,3)4/h5,8,11-16,21H,6-7,9-10,17H2,1-4H3,(H,39,40). The van der Waals surface area contributed by atoms with Crippen LogP contribution in [0.2, 0.25) is 25.7 Å². The van der Waals surface area contributed by atoms with Crippen LogP contribution in [0.3, 0.4) is 0 Å². The first-order valence-corrected chi connectivity index (χ1v) is 18.7. The van der Waals surface area contributed by atoms with Gasteiger partial charge in [-0.2, -0.15) is 4.68 Å². The number of rotatable bonds is 10. The topological polar surface area (TPSA) is 121 Å². The van der Waals surface area contributed by atoms with E-state index in [1.54, 1.807) is 17.2 Å². The smallest absolute Gasteiger partial charge is 0.348 e. The van der Waals surface area contributed by atoms with Gasteiger partial charge in [-0.25, -0.2) is 14.2 Å². The molecule has 43 heavy (non-hydrogen) atoms. The van der Waals surface area contributed by atoms with E-state index in [0.717, 1.165) is 69.7 Å². The van der Waals surface area contributed by atoms with Crippen LogP contribution in [0, 0.1) is 12.7 Å². The first-order chi connectivity index (χ1) is 20.6. The van der Waals surface area contributed by atoms with Gasteiger partial charge in [0, 0.05) is 42.9 Å². The van der Waals surface area contributed by atoms with Gasteiger partial charge in [0.15, 0.2) is 5.82 Å². The lowest BCUT2D eigenvalue weighted by Gasteiger charge is -2.19. The van der Waals surface area contributed by atoms with Gasteiger partial charge in [-0.3, -0.25) is 4.98 Å². The molecule has 4 heterocycles. The number of nitrogens with zero attached hydrogens (tertiary/aromatic N) is 7. The molecule has 5 aromatic rings. The largest absolute Gasteiger partial charge is 0.477 e. The Balaban J connectivity index is 1.36. The molecule has 222 valence electrons. The number of thiophene rings is 1. The van der Waals surface area contributed by atoms with Gasteiger partial charge in [-0.15, -0.1) is 16.4 Å². The molecule has 1 unspecified atom stereocenters. The van der Waals surface area contributed by atoms with E-state index in [0.29, 0.717) is 12.3 Å². The number of fused-ring (bicyclic) bond motifs is 1. The molecule has 13 heteroatoms. The van der Waals surface area contributed by atoms with Crippen LogP contribution in [0.1, 0.15) is 44.7 Å². The fraction of sp³-hybridized carbons (Fsp3) is 0.333. The third-order valence-corrected chi connectivity index (χ3v) is 10.4. The van der Waals surface area contributed by atoms with E-state index in [-0.39, 0.29) is 23.1 Å². The van der Waals surface area contributed by atoms with Crippen LogP contribution < -0.4 is 0 Å². The molecule has 0 amide bonds. The quantitative estimate of drug-likeness (QED) is 0.146. The first-order valence-electron chi connectivity index (χ1n) is 14.1. The van der Waals surface area contributed by atoms with Gasteiger partial charge in [0.2, 0.25) is 0 Å². The molecule has 1 N–H and O–H groups in total. The Kier molecular flexibility index (Phi) is 7.79. The molecule has 4 aromatic heterocycles. The molecule has 0 fully saturated rings. The highest BCUT2D eigenvalue weighted by Crippen LogP contribution is 2.41. The molecule has 1 aliphatic rings. The summed E-state index contributed by atoms with van der Waals surface area (Å²) >= 11 is 0.873. The summed E-state index contributed by atoms with van der Waals surface area (Å²) in [5.74, 6) is -1.42. The summed E-state index contributed by atoms with van der Waals surface area (Å²) in [6.45, 7) is 9.68. The number of aromatic nitrogens is 7. The van der Waals surface area contributed by atoms with E-state index in [4.69, 9.17) is 14.7 Å². The number of ether oxygens (including phenoxy) is 1. The second-order valence-corrected chi connectivity index (χ2v) is 18.5. The van der Waals surface area contributed by atoms with Crippen LogP contribution >= 0.6 is 11.3 Å². The molecule has 1 atom stereocenters. The maximum absolute atomic E-state index is 15.2. The lowest BCUT2D eigenvalue weighted by molar-refractivity contribution is 0.0697. The Morgan fingerprint density at radius 2 is 2.02 bits per heavy atom. The molecular weight excluding hydrogens is 586 g/mol. The number of tetrazole rings is 1. The molecule has 0 saturated carbocycles. The van der Waals surface area contributed by atoms with Crippen LogP contribution in [0.4, 0.5) is 4.39 Å². The van der Waals surface area contributed by atoms with E-state index >= 15 is 4.39 Å². The zero-order chi connectivity index (χ0) is 30.3. The molecule has 1 aliphatic carbocycles. The minimum absolute atomic E-state index is 0.115. The summed E-state index contributed by atoms with van der Waals surface area (Å²) in [5, 5.41) is 22.6. The maximum Gasteiger partial charge on any atom is 0.348 e. The molecule has 6 rings (SSSR count). The van der Waals surface area contributed by atoms with Crippen molar-refractivity contribution >= 4 is 25.4 Å². The normalized spacial score (nSPS) is 14.8. The summed E-state index contributed by atoms with van der Waals surface area (Å²) in [5.41, 5.74) is 6.68. The Labute approximate surface area is 253 Å². The molecule has 1 aromatic carbocycles. The van der Waals surface area contributed by atoms with E-state index in [9.17, 15) is 9.90 Å². The average molecular weight is 618 g/mol. The Bertz CT molecular complexity index is 1800. The highest BCUT2D eigenvalue weighted by atomic mass is 32.1. The summed E-state index contributed by atoms with van der Waals surface area (Å²) in [6, 6.07) is 9.28. The number of hydrogen-bond donors (Lipinski definition) is 1. The van der Waals surface area contributed by atoms with Crippen molar-refractivity contribution in [3.63, 3.8) is 0 Å². The first kappa shape index (κ1) is 29.0. The van der Waals surface area contributed by atoms with Crippen molar-refractivity contribution in [3.05, 3.63) is 81.7 Å². The van der Waals surface area contributed by atoms with Crippen molar-refractivity contribution < 1.29 is 19.0 Å². The van der Waals surface area contributed by atoms with Gasteiger partial charge in [0.25, 0.3) is 0 Å². The van der Waals surface area contributed by atoms with E-state index < -0.39 is 19.9 Å². The number of hydrogen-bond acceptors (Lipinski definition) is 8. The third-order valence-electron chi connectivity index (χ3n) is 7.71. The van der Waals surface area contributed by atoms with Crippen molar-refractivity contribution in [1.29, 1.82) is 0 Å². The minimum atomic E-state index is -1.32. The SMILES string of the molecule is Cc1ccc(-n2cnnn2)c(-c2cnc3c(c2)CCC3c2ncc(-c3csc(C(=O)O)c3F)n2COCC[Si](C)(C)C)c1. The third kappa shape index (κ3) is 5.79. The van der Waals surface area contributed by atoms with Crippen molar-refractivity contribution in [2.45, 2.75) is 58.1 Å². The zero-order valence-electron chi connectivity index (χ0n) is 24.4. The number of aromatic carboxylic acids is 1. The summed E-state index contributed by atoms with van der Waals surface area (Å²) in [4.78, 5) is 20.9. The molecule has 10 nitrogen and oxygen atoms in total. The highest BCUT2D eigenvalue weighted by Gasteiger charge is 2.32. The van der Waals surface area contributed by atoms with Gasteiger partial charge in [0.1, 0.15) is 23.8 Å². The van der Waals surface area contributed by atoms with Crippen LogP contribution in [-0.4, -0.2) is 60.5 Å². The van der Waals surface area contributed by atoms with Crippen molar-refractivity contribution in [1.82, 2.24) is 34.7 Å². The number of carbonyl (C=O) groups is 1. The number of benzene rings is 1. The van der Waals surface area contributed by atoms with E-state index in [1.807, 2.05) is 29.8 Å². The molecule has 0 spiro atoms. The van der Waals surface area contributed by atoms with Gasteiger partial charge in [-0.1, -0.05) is 31.3 Å². The molecule has 0 bridgehead atoms. The number of halogens is 1. The number of pyridine rings is 1. The number of imidazole rings is 1. The summed E-state index contributed by atoms with van der Waals surface area (Å²) < 4.78 is 24.9. The monoisotopic (exact) mass is 617 g/mol. The van der Waals surface area contributed by atoms with Gasteiger partial charge in [-0.05, 0) is 60.0 Å². The predicted molar refractivity (Wildman–Crippen MR) is 164 cm³/mol. The minimum Gasteiger partial charge on any atom is -0.477 e. The summed E-state index contributed by atoms with van der Waals surface area (Å²) in [6.07, 6.45) is 6.66. The van der Waals surface area contributed by atoms with Crippen LogP contribution in [0.5, 0.6) is 0 Å². The Morgan fingerprint density at radius 1 is 1.19 bits per heavy atom. The number of carboxylic acids is 1. The Hall–Kier alpha value is -4.07. The highest BCUT2D eigenvalue weighted by molar-refractivity contribution is 7.12. The van der Waals surface area contributed by atoms with Gasteiger partial charge in [0.05, 0.1) is 29.2 Å². The summed E-state index contributed by atoms with van der Waals surface area (Å²) in [7, 11) is -1.32. The second kappa shape index (κ2) is 11.5. The molecule has 0 aliphatic heterocycles. The fourth-order valence-corrected chi connectivity index (χ4v) is 6.97. The average Bonchev–Trinajstić information content (AvgIpc) is 3.76. The van der Waals surface area contributed by atoms with Crippen LogP contribution in [0.15, 0.2) is 48.4 Å². The van der Waals surface area contributed by atoms with Crippen LogP contribution in [0.25, 0.3) is 28.1 Å². The number of carboxylic acid groups (broad SMARTS) is 1. The predicted octanol–water partition coefficient (Wildman–Crippen LogP) is 6.19. The van der Waals surface area contributed by atoms with Crippen molar-refractivity contribution in [2.75, 3.05) is 6.61 Å². The van der Waals surface area contributed by atoms with Crippen LogP contribution in [-0.2, 0) is 17.9 Å². The zero-order valence-corrected chi connectivity index (χ0v) is 26.2. The second-order valence-electron chi connectivity index (χ2n) is 12.0. The fourth-order valence-electron chi connectivity index (χ4n) is 5.44.